The first kappa shape index (κ1) is 27.1. The zero-order valence-corrected chi connectivity index (χ0v) is 19.0. The van der Waals surface area contributed by atoms with Crippen LogP contribution in [0.2, 0.25) is 0 Å². The van der Waals surface area contributed by atoms with E-state index < -0.39 is 15.4 Å². The molecule has 2 atom stereocenters. The summed E-state index contributed by atoms with van der Waals surface area (Å²) in [6, 6.07) is 0. The summed E-state index contributed by atoms with van der Waals surface area (Å²) in [4.78, 5) is 0. The van der Waals surface area contributed by atoms with Gasteiger partial charge in [-0.3, -0.25) is 0 Å². The van der Waals surface area contributed by atoms with Gasteiger partial charge in [-0.2, -0.15) is 0 Å². The maximum atomic E-state index is 11.4. The summed E-state index contributed by atoms with van der Waals surface area (Å²) < 4.78 is 34.1. The molecule has 0 radical (unpaired) electrons. The molecule has 6 heteroatoms. The van der Waals surface area contributed by atoms with Crippen LogP contribution in [-0.2, 0) is 10.1 Å². The Morgan fingerprint density at radius 2 is 1.21 bits per heavy atom. The van der Waals surface area contributed by atoms with Gasteiger partial charge in [-0.05, 0) is 25.7 Å². The first-order valence-corrected chi connectivity index (χ1v) is 11.0. The molecule has 0 aliphatic rings. The van der Waals surface area contributed by atoms with Gasteiger partial charge in [-0.25, -0.2) is 8.42 Å². The second-order valence-electron chi connectivity index (χ2n) is 6.75. The molecule has 0 aliphatic carbocycles. The summed E-state index contributed by atoms with van der Waals surface area (Å²) in [5.41, 5.74) is 0. The van der Waals surface area contributed by atoms with Gasteiger partial charge in [0.05, 0.1) is 16.2 Å². The Labute approximate surface area is 172 Å². The van der Waals surface area contributed by atoms with Crippen molar-refractivity contribution in [1.29, 1.82) is 0 Å². The molecule has 1 N–H and O–H groups in total. The van der Waals surface area contributed by atoms with Crippen LogP contribution in [0, 0.1) is 0 Å². The first-order chi connectivity index (χ1) is 10.9. The summed E-state index contributed by atoms with van der Waals surface area (Å²) in [6.45, 7) is 4.22. The van der Waals surface area contributed by atoms with E-state index >= 15 is 0 Å². The summed E-state index contributed by atoms with van der Waals surface area (Å²) >= 11 is 0. The van der Waals surface area contributed by atoms with Gasteiger partial charge >= 0.3 is 29.6 Å². The van der Waals surface area contributed by atoms with Crippen molar-refractivity contribution in [1.82, 2.24) is 0 Å². The predicted octanol–water partition coefficient (Wildman–Crippen LogP) is 1.77. The zero-order chi connectivity index (χ0) is 17.6. The van der Waals surface area contributed by atoms with Crippen LogP contribution in [0.5, 0.6) is 0 Å². The molecule has 4 nitrogen and oxygen atoms in total. The molecule has 0 saturated carbocycles. The minimum atomic E-state index is -4.17. The topological polar surface area (TPSA) is 77.4 Å². The quantitative estimate of drug-likeness (QED) is 0.254. The number of unbranched alkanes of at least 4 members (excludes halogenated alkanes) is 7. The molecular weight excluding hydrogens is 335 g/mol. The van der Waals surface area contributed by atoms with Crippen LogP contribution >= 0.6 is 0 Å². The Kier molecular flexibility index (Phi) is 19.5. The summed E-state index contributed by atoms with van der Waals surface area (Å²) in [5.74, 6) is 0. The average Bonchev–Trinajstić information content (AvgIpc) is 2.47. The summed E-state index contributed by atoms with van der Waals surface area (Å²) in [5, 5.41) is 8.93. The van der Waals surface area contributed by atoms with Gasteiger partial charge in [0.1, 0.15) is 0 Å². The van der Waals surface area contributed by atoms with Gasteiger partial charge in [-0.15, -0.1) is 0 Å². The molecule has 0 rings (SSSR count). The van der Waals surface area contributed by atoms with Crippen LogP contribution < -0.4 is 29.6 Å². The number of hydrogen-bond donors (Lipinski definition) is 1. The van der Waals surface area contributed by atoms with Gasteiger partial charge in [0.2, 0.25) is 0 Å². The van der Waals surface area contributed by atoms with E-state index in [4.69, 9.17) is 0 Å². The predicted molar refractivity (Wildman–Crippen MR) is 95.5 cm³/mol. The Hall–Kier alpha value is 0.870. The van der Waals surface area contributed by atoms with E-state index in [9.17, 15) is 18.1 Å². The van der Waals surface area contributed by atoms with E-state index in [0.717, 1.165) is 57.8 Å². The van der Waals surface area contributed by atoms with Crippen LogP contribution in [0.4, 0.5) is 0 Å². The third-order valence-electron chi connectivity index (χ3n) is 4.47. The fourth-order valence-corrected chi connectivity index (χ4v) is 3.90. The Bertz CT molecular complexity index is 360. The molecule has 0 heterocycles. The van der Waals surface area contributed by atoms with Crippen molar-refractivity contribution in [2.24, 2.45) is 0 Å². The van der Waals surface area contributed by atoms with E-state index in [2.05, 4.69) is 13.8 Å². The molecule has 140 valence electrons. The largest absolute Gasteiger partial charge is 1.00 e. The monoisotopic (exact) mass is 372 g/mol. The van der Waals surface area contributed by atoms with E-state index in [1.54, 1.807) is 0 Å². The molecule has 0 amide bonds. The standard InChI is InChI=1S/C18H38O4S.Na/c1-3-5-6-7-8-11-15-18(23(20,21)22)16-12-9-10-14-17(19)13-4-2;/h17-19H,3-16H2,1-2H3,(H,20,21,22);/q;+1/p-1. The van der Waals surface area contributed by atoms with Gasteiger partial charge in [0.15, 0.2) is 0 Å². The first-order valence-electron chi connectivity index (χ1n) is 9.54. The van der Waals surface area contributed by atoms with Gasteiger partial charge < -0.3 is 9.66 Å². The molecule has 0 aromatic rings. The second kappa shape index (κ2) is 17.3. The SMILES string of the molecule is CCCCCCCCC(CCCCCC(O)CCC)S(=O)(=O)[O-].[Na+]. The normalized spacial score (nSPS) is 14.2. The molecule has 24 heavy (non-hydrogen) atoms. The maximum Gasteiger partial charge on any atom is 1.00 e. The summed E-state index contributed by atoms with van der Waals surface area (Å²) in [7, 11) is -4.17. The minimum Gasteiger partial charge on any atom is -0.748 e. The van der Waals surface area contributed by atoms with Crippen LogP contribution in [0.1, 0.15) is 104 Å². The van der Waals surface area contributed by atoms with Crippen molar-refractivity contribution in [3.05, 3.63) is 0 Å². The fraction of sp³-hybridized carbons (Fsp3) is 1.00. The van der Waals surface area contributed by atoms with Gasteiger partial charge in [0.25, 0.3) is 0 Å². The molecule has 0 aliphatic heterocycles. The molecule has 0 fully saturated rings. The number of rotatable bonds is 16. The average molecular weight is 373 g/mol. The Balaban J connectivity index is 0. The number of hydrogen-bond acceptors (Lipinski definition) is 4. The Morgan fingerprint density at radius 3 is 1.71 bits per heavy atom. The van der Waals surface area contributed by atoms with E-state index in [1.807, 2.05) is 0 Å². The third kappa shape index (κ3) is 16.3. The molecule has 0 aromatic heterocycles. The van der Waals surface area contributed by atoms with Crippen LogP contribution in [0.15, 0.2) is 0 Å². The van der Waals surface area contributed by atoms with Crippen LogP contribution in [-0.4, -0.2) is 29.4 Å². The third-order valence-corrected chi connectivity index (χ3v) is 5.76. The molecule has 0 saturated heterocycles. The minimum absolute atomic E-state index is 0. The van der Waals surface area contributed by atoms with E-state index in [-0.39, 0.29) is 35.7 Å². The smallest absolute Gasteiger partial charge is 0.748 e. The van der Waals surface area contributed by atoms with Crippen molar-refractivity contribution in [3.63, 3.8) is 0 Å². The Morgan fingerprint density at radius 1 is 0.750 bits per heavy atom. The van der Waals surface area contributed by atoms with E-state index in [1.165, 1.54) is 19.3 Å². The van der Waals surface area contributed by atoms with Crippen molar-refractivity contribution in [3.8, 4) is 0 Å². The number of aliphatic hydroxyl groups excluding tert-OH is 1. The summed E-state index contributed by atoms with van der Waals surface area (Å²) in [6.07, 6.45) is 12.5. The molecule has 0 spiro atoms. The van der Waals surface area contributed by atoms with Crippen molar-refractivity contribution >= 4 is 10.1 Å². The molecule has 2 unspecified atom stereocenters. The molecule has 0 bridgehead atoms. The van der Waals surface area contributed by atoms with Crippen molar-refractivity contribution < 1.29 is 47.6 Å². The molecule has 0 aromatic carbocycles. The van der Waals surface area contributed by atoms with Crippen LogP contribution in [0.25, 0.3) is 0 Å². The number of aliphatic hydroxyl groups is 1. The molecular formula is C18H37NaO4S. The van der Waals surface area contributed by atoms with Gasteiger partial charge in [0, 0.05) is 5.25 Å². The zero-order valence-electron chi connectivity index (χ0n) is 16.1. The second-order valence-corrected chi connectivity index (χ2v) is 8.40. The van der Waals surface area contributed by atoms with Crippen molar-refractivity contribution in [2.45, 2.75) is 115 Å². The van der Waals surface area contributed by atoms with Crippen molar-refractivity contribution in [2.75, 3.05) is 0 Å². The van der Waals surface area contributed by atoms with Gasteiger partial charge in [-0.1, -0.05) is 78.1 Å². The maximum absolute atomic E-state index is 11.4. The fourth-order valence-electron chi connectivity index (χ4n) is 2.99. The van der Waals surface area contributed by atoms with E-state index in [0.29, 0.717) is 12.8 Å². The van der Waals surface area contributed by atoms with Crippen LogP contribution in [0.3, 0.4) is 0 Å².